The van der Waals surface area contributed by atoms with Crippen LogP contribution in [0.5, 0.6) is 0 Å². The molecule has 2 aromatic rings. The number of rotatable bonds is 4. The minimum atomic E-state index is -0.850. The second-order valence-electron chi connectivity index (χ2n) is 4.12. The summed E-state index contributed by atoms with van der Waals surface area (Å²) in [6.07, 6.45) is 0. The molecule has 1 aliphatic rings. The van der Waals surface area contributed by atoms with Crippen LogP contribution in [0.3, 0.4) is 0 Å². The first kappa shape index (κ1) is 13.8. The second-order valence-corrected chi connectivity index (χ2v) is 8.09. The lowest BCUT2D eigenvalue weighted by molar-refractivity contribution is 0.435. The van der Waals surface area contributed by atoms with Crippen molar-refractivity contribution in [2.75, 3.05) is 23.1 Å². The molecule has 0 aromatic heterocycles. The van der Waals surface area contributed by atoms with E-state index in [-0.39, 0.29) is 0 Å². The van der Waals surface area contributed by atoms with Crippen molar-refractivity contribution in [3.63, 3.8) is 0 Å². The van der Waals surface area contributed by atoms with Crippen molar-refractivity contribution >= 4 is 28.3 Å². The molecule has 1 saturated heterocycles. The Balaban J connectivity index is 1.91. The summed E-state index contributed by atoms with van der Waals surface area (Å²) in [5.41, 5.74) is 2.28. The van der Waals surface area contributed by atoms with E-state index in [0.717, 1.165) is 11.4 Å². The molecule has 3 rings (SSSR count). The lowest BCUT2D eigenvalue weighted by Crippen LogP contribution is -2.38. The summed E-state index contributed by atoms with van der Waals surface area (Å²) in [5, 5.41) is 0. The lowest BCUT2D eigenvalue weighted by atomic mass is 10.3. The average molecular weight is 306 g/mol. The Hall–Kier alpha value is -1.18. The first-order valence-corrected chi connectivity index (χ1v) is 8.58. The van der Waals surface area contributed by atoms with Gasteiger partial charge < -0.3 is 9.05 Å². The molecule has 1 aliphatic heterocycles. The Morgan fingerprint density at radius 2 is 1.00 bits per heavy atom. The third-order valence-electron chi connectivity index (χ3n) is 2.95. The van der Waals surface area contributed by atoms with Crippen LogP contribution in [0.4, 0.5) is 11.4 Å². The Morgan fingerprint density at radius 3 is 1.30 bits per heavy atom. The molecule has 0 N–H and O–H groups in total. The van der Waals surface area contributed by atoms with E-state index in [9.17, 15) is 0 Å². The Kier molecular flexibility index (Phi) is 4.18. The molecule has 0 unspecified atom stereocenters. The Morgan fingerprint density at radius 1 is 0.650 bits per heavy atom. The van der Waals surface area contributed by atoms with Crippen molar-refractivity contribution < 1.29 is 9.05 Å². The Labute approximate surface area is 121 Å². The maximum absolute atomic E-state index is 5.71. The lowest BCUT2D eigenvalue weighted by Gasteiger charge is -2.53. The van der Waals surface area contributed by atoms with Gasteiger partial charge in [-0.15, -0.1) is 0 Å². The van der Waals surface area contributed by atoms with Gasteiger partial charge >= 0.3 is 0 Å². The van der Waals surface area contributed by atoms with E-state index in [0.29, 0.717) is 0 Å². The van der Waals surface area contributed by atoms with Crippen LogP contribution >= 0.6 is 16.9 Å². The molecule has 0 amide bonds. The van der Waals surface area contributed by atoms with Crippen molar-refractivity contribution in [1.29, 1.82) is 0 Å². The summed E-state index contributed by atoms with van der Waals surface area (Å²) in [5.74, 6) is 0. The highest BCUT2D eigenvalue weighted by Crippen LogP contribution is 2.78. The summed E-state index contributed by atoms with van der Waals surface area (Å²) < 4.78 is 15.9. The molecule has 4 nitrogen and oxygen atoms in total. The number of benzene rings is 2. The quantitative estimate of drug-likeness (QED) is 0.760. The van der Waals surface area contributed by atoms with E-state index < -0.39 is 16.9 Å². The molecule has 0 radical (unpaired) electrons. The van der Waals surface area contributed by atoms with Gasteiger partial charge in [0.1, 0.15) is 0 Å². The zero-order valence-electron chi connectivity index (χ0n) is 11.4. The zero-order valence-corrected chi connectivity index (χ0v) is 13.2. The monoisotopic (exact) mass is 306 g/mol. The first-order chi connectivity index (χ1) is 9.86. The van der Waals surface area contributed by atoms with Gasteiger partial charge in [-0.05, 0) is 24.3 Å². The minimum absolute atomic E-state index is 0.850. The minimum Gasteiger partial charge on any atom is -0.325 e. The smallest absolute Gasteiger partial charge is 0.261 e. The molecular weight excluding hydrogens is 290 g/mol. The highest BCUT2D eigenvalue weighted by atomic mass is 31.3. The molecule has 2 aromatic carbocycles. The highest BCUT2D eigenvalue weighted by Gasteiger charge is 2.50. The number of hydrogen-bond donors (Lipinski definition) is 0. The predicted octanol–water partition coefficient (Wildman–Crippen LogP) is 4.76. The highest BCUT2D eigenvalue weighted by molar-refractivity contribution is 7.91. The SMILES string of the molecule is COP1N(c2ccccc2)P(OC)N1c1ccccc1. The van der Waals surface area contributed by atoms with E-state index in [1.165, 1.54) is 0 Å². The molecule has 0 atom stereocenters. The van der Waals surface area contributed by atoms with Crippen LogP contribution in [-0.4, -0.2) is 14.2 Å². The molecule has 0 bridgehead atoms. The van der Waals surface area contributed by atoms with Gasteiger partial charge in [0, 0.05) is 14.2 Å². The fraction of sp³-hybridized carbons (Fsp3) is 0.143. The van der Waals surface area contributed by atoms with Crippen LogP contribution in [0, 0.1) is 0 Å². The molecule has 104 valence electrons. The van der Waals surface area contributed by atoms with Gasteiger partial charge in [0.25, 0.3) is 16.9 Å². The number of hydrogen-bond acceptors (Lipinski definition) is 4. The van der Waals surface area contributed by atoms with E-state index >= 15 is 0 Å². The summed E-state index contributed by atoms with van der Waals surface area (Å²) in [4.78, 5) is 0. The van der Waals surface area contributed by atoms with E-state index in [1.54, 1.807) is 14.2 Å². The zero-order chi connectivity index (χ0) is 13.9. The summed E-state index contributed by atoms with van der Waals surface area (Å²) >= 11 is 0. The van der Waals surface area contributed by atoms with Crippen LogP contribution in [-0.2, 0) is 9.05 Å². The van der Waals surface area contributed by atoms with E-state index in [4.69, 9.17) is 9.05 Å². The van der Waals surface area contributed by atoms with Crippen molar-refractivity contribution in [3.8, 4) is 0 Å². The molecule has 1 heterocycles. The summed E-state index contributed by atoms with van der Waals surface area (Å²) in [6, 6.07) is 20.5. The maximum atomic E-state index is 5.71. The number of para-hydroxylation sites is 2. The van der Waals surface area contributed by atoms with Crippen molar-refractivity contribution in [1.82, 2.24) is 0 Å². The second kappa shape index (κ2) is 6.07. The third-order valence-corrected chi connectivity index (χ3v) is 7.66. The number of anilines is 2. The molecule has 6 heteroatoms. The van der Waals surface area contributed by atoms with Crippen LogP contribution < -0.4 is 8.88 Å². The van der Waals surface area contributed by atoms with Gasteiger partial charge in [0.05, 0.1) is 11.4 Å². The van der Waals surface area contributed by atoms with Crippen LogP contribution in [0.1, 0.15) is 0 Å². The van der Waals surface area contributed by atoms with Gasteiger partial charge in [-0.2, -0.15) is 0 Å². The van der Waals surface area contributed by atoms with Crippen LogP contribution in [0.15, 0.2) is 60.7 Å². The van der Waals surface area contributed by atoms with E-state index in [2.05, 4.69) is 33.1 Å². The largest absolute Gasteiger partial charge is 0.325 e. The van der Waals surface area contributed by atoms with Crippen LogP contribution in [0.2, 0.25) is 0 Å². The fourth-order valence-corrected chi connectivity index (χ4v) is 6.72. The average Bonchev–Trinajstić information content (AvgIpc) is 2.49. The summed E-state index contributed by atoms with van der Waals surface area (Å²) in [7, 11) is 1.80. The number of nitrogens with zero attached hydrogens (tertiary/aromatic N) is 2. The van der Waals surface area contributed by atoms with Gasteiger partial charge in [-0.1, -0.05) is 36.4 Å². The molecule has 20 heavy (non-hydrogen) atoms. The van der Waals surface area contributed by atoms with Gasteiger partial charge in [-0.3, -0.25) is 0 Å². The predicted molar refractivity (Wildman–Crippen MR) is 85.7 cm³/mol. The van der Waals surface area contributed by atoms with Crippen molar-refractivity contribution in [3.05, 3.63) is 60.7 Å². The van der Waals surface area contributed by atoms with Gasteiger partial charge in [-0.25, -0.2) is 8.88 Å². The van der Waals surface area contributed by atoms with E-state index in [1.807, 2.05) is 36.4 Å². The van der Waals surface area contributed by atoms with Crippen molar-refractivity contribution in [2.24, 2.45) is 0 Å². The fourth-order valence-electron chi connectivity index (χ4n) is 2.09. The Bertz CT molecular complexity index is 496. The summed E-state index contributed by atoms with van der Waals surface area (Å²) in [6.45, 7) is 0. The maximum Gasteiger partial charge on any atom is 0.261 e. The molecule has 0 spiro atoms. The molecule has 0 aliphatic carbocycles. The van der Waals surface area contributed by atoms with Gasteiger partial charge in [0.2, 0.25) is 0 Å². The normalized spacial score (nSPS) is 21.7. The topological polar surface area (TPSA) is 24.9 Å². The van der Waals surface area contributed by atoms with Crippen molar-refractivity contribution in [2.45, 2.75) is 0 Å². The molecular formula is C14H16N2O2P2. The van der Waals surface area contributed by atoms with Gasteiger partial charge in [0.15, 0.2) is 0 Å². The molecule has 0 saturated carbocycles. The molecule has 1 fully saturated rings. The standard InChI is InChI=1S/C14H16N2O2P2/c1-17-19-15(13-9-5-3-6-10-13)20(18-2)16(19)14-11-7-4-8-12-14/h3-12H,1-2H3. The third kappa shape index (κ3) is 2.30. The first-order valence-electron chi connectivity index (χ1n) is 6.25. The van der Waals surface area contributed by atoms with Crippen LogP contribution in [0.25, 0.3) is 0 Å².